The van der Waals surface area contributed by atoms with Gasteiger partial charge in [0.25, 0.3) is 0 Å². The minimum atomic E-state index is -0.173. The first-order chi connectivity index (χ1) is 16.1. The molecule has 0 spiro atoms. The number of ether oxygens (including phenoxy) is 2. The summed E-state index contributed by atoms with van der Waals surface area (Å²) in [6.45, 7) is 5.66. The number of rotatable bonds is 8. The van der Waals surface area contributed by atoms with Crippen LogP contribution in [0, 0.1) is 5.92 Å². The van der Waals surface area contributed by atoms with Crippen molar-refractivity contribution in [3.63, 3.8) is 0 Å². The number of fused-ring (bicyclic) bond motifs is 1. The fourth-order valence-corrected chi connectivity index (χ4v) is 4.01. The van der Waals surface area contributed by atoms with Crippen LogP contribution in [0.3, 0.4) is 0 Å². The first kappa shape index (κ1) is 22.8. The molecule has 2 unspecified atom stereocenters. The molecule has 4 rings (SSSR count). The summed E-state index contributed by atoms with van der Waals surface area (Å²) in [7, 11) is 0. The Morgan fingerprint density at radius 2 is 1.70 bits per heavy atom. The average molecular weight is 446 g/mol. The second kappa shape index (κ2) is 11.0. The van der Waals surface area contributed by atoms with Crippen molar-refractivity contribution in [3.05, 3.63) is 89.7 Å². The Bertz CT molecular complexity index is 1000. The molecule has 0 saturated carbocycles. The summed E-state index contributed by atoms with van der Waals surface area (Å²) in [6, 6.07) is 21.5. The van der Waals surface area contributed by atoms with E-state index in [1.165, 1.54) is 0 Å². The number of hydrogen-bond acceptors (Lipinski definition) is 5. The highest BCUT2D eigenvalue weighted by Gasteiger charge is 2.22. The Morgan fingerprint density at radius 3 is 2.42 bits per heavy atom. The van der Waals surface area contributed by atoms with Crippen LogP contribution in [-0.2, 0) is 4.79 Å². The SMILES string of the molecule is CC(C)C(NC(=O)CNC(c1ccccc1)c1ccccn1)c1ccc2c(c1)OCCCO2. The number of nitrogens with zero attached hydrogens (tertiary/aromatic N) is 1. The van der Waals surface area contributed by atoms with Crippen LogP contribution in [0.4, 0.5) is 0 Å². The minimum absolute atomic E-state index is 0.0716. The molecule has 2 N–H and O–H groups in total. The lowest BCUT2D eigenvalue weighted by molar-refractivity contribution is -0.121. The third kappa shape index (κ3) is 5.90. The average Bonchev–Trinajstić information content (AvgIpc) is 3.09. The second-order valence-electron chi connectivity index (χ2n) is 8.53. The number of pyridine rings is 1. The smallest absolute Gasteiger partial charge is 0.234 e. The lowest BCUT2D eigenvalue weighted by Crippen LogP contribution is -2.39. The van der Waals surface area contributed by atoms with E-state index in [0.717, 1.165) is 34.7 Å². The van der Waals surface area contributed by atoms with Crippen molar-refractivity contribution in [2.75, 3.05) is 19.8 Å². The third-order valence-corrected chi connectivity index (χ3v) is 5.70. The van der Waals surface area contributed by atoms with E-state index in [-0.39, 0.29) is 30.5 Å². The molecule has 0 aliphatic carbocycles. The van der Waals surface area contributed by atoms with Gasteiger partial charge in [-0.2, -0.15) is 0 Å². The Balaban J connectivity index is 1.46. The van der Waals surface area contributed by atoms with Gasteiger partial charge in [0.1, 0.15) is 0 Å². The van der Waals surface area contributed by atoms with Gasteiger partial charge < -0.3 is 14.8 Å². The van der Waals surface area contributed by atoms with Crippen LogP contribution in [0.25, 0.3) is 0 Å². The molecule has 1 amide bonds. The van der Waals surface area contributed by atoms with Gasteiger partial charge in [-0.1, -0.05) is 56.3 Å². The summed E-state index contributed by atoms with van der Waals surface area (Å²) in [5.41, 5.74) is 2.94. The molecule has 0 bridgehead atoms. The Labute approximate surface area is 195 Å². The van der Waals surface area contributed by atoms with Gasteiger partial charge in [-0.3, -0.25) is 15.1 Å². The van der Waals surface area contributed by atoms with E-state index in [1.54, 1.807) is 6.20 Å². The van der Waals surface area contributed by atoms with E-state index < -0.39 is 0 Å². The number of benzene rings is 2. The molecular formula is C27H31N3O3. The maximum absolute atomic E-state index is 13.0. The van der Waals surface area contributed by atoms with Gasteiger partial charge in [-0.25, -0.2) is 0 Å². The van der Waals surface area contributed by atoms with Gasteiger partial charge >= 0.3 is 0 Å². The molecule has 2 heterocycles. The lowest BCUT2D eigenvalue weighted by atomic mass is 9.95. The van der Waals surface area contributed by atoms with E-state index in [4.69, 9.17) is 9.47 Å². The zero-order chi connectivity index (χ0) is 23.0. The van der Waals surface area contributed by atoms with E-state index >= 15 is 0 Å². The monoisotopic (exact) mass is 445 g/mol. The second-order valence-corrected chi connectivity index (χ2v) is 8.53. The number of carbonyl (C=O) groups excluding carboxylic acids is 1. The van der Waals surface area contributed by atoms with Crippen LogP contribution in [0.5, 0.6) is 11.5 Å². The molecule has 1 aromatic heterocycles. The number of nitrogens with one attached hydrogen (secondary N) is 2. The van der Waals surface area contributed by atoms with Crippen LogP contribution >= 0.6 is 0 Å². The molecule has 3 aromatic rings. The maximum atomic E-state index is 13.0. The largest absolute Gasteiger partial charge is 0.490 e. The zero-order valence-corrected chi connectivity index (χ0v) is 19.2. The van der Waals surface area contributed by atoms with Gasteiger partial charge in [0.05, 0.1) is 37.5 Å². The molecule has 6 heteroatoms. The van der Waals surface area contributed by atoms with Gasteiger partial charge in [-0.05, 0) is 41.3 Å². The first-order valence-corrected chi connectivity index (χ1v) is 11.5. The summed E-state index contributed by atoms with van der Waals surface area (Å²) < 4.78 is 11.6. The summed E-state index contributed by atoms with van der Waals surface area (Å²) in [4.78, 5) is 17.5. The topological polar surface area (TPSA) is 72.5 Å². The highest BCUT2D eigenvalue weighted by atomic mass is 16.5. The van der Waals surface area contributed by atoms with Crippen molar-refractivity contribution in [1.82, 2.24) is 15.6 Å². The molecule has 0 radical (unpaired) electrons. The summed E-state index contributed by atoms with van der Waals surface area (Å²) in [6.07, 6.45) is 2.63. The van der Waals surface area contributed by atoms with Crippen LogP contribution in [0.2, 0.25) is 0 Å². The van der Waals surface area contributed by atoms with Crippen LogP contribution in [0.15, 0.2) is 72.9 Å². The molecule has 1 aliphatic heterocycles. The van der Waals surface area contributed by atoms with Crippen molar-refractivity contribution < 1.29 is 14.3 Å². The van der Waals surface area contributed by atoms with E-state index in [9.17, 15) is 4.79 Å². The van der Waals surface area contributed by atoms with Gasteiger partial charge in [0, 0.05) is 12.6 Å². The van der Waals surface area contributed by atoms with Crippen molar-refractivity contribution in [2.45, 2.75) is 32.4 Å². The van der Waals surface area contributed by atoms with Crippen LogP contribution in [0.1, 0.15) is 49.2 Å². The summed E-state index contributed by atoms with van der Waals surface area (Å²) in [5.74, 6) is 1.63. The van der Waals surface area contributed by atoms with Gasteiger partial charge in [0.15, 0.2) is 11.5 Å². The standard InChI is InChI=1S/C27H31N3O3/c1-19(2)26(21-12-13-23-24(17-21)33-16-8-15-32-23)30-25(31)18-29-27(20-9-4-3-5-10-20)22-11-6-7-14-28-22/h3-7,9-14,17,19,26-27,29H,8,15-16,18H2,1-2H3,(H,30,31). The molecule has 172 valence electrons. The normalized spacial score (nSPS) is 14.9. The van der Waals surface area contributed by atoms with Crippen molar-refractivity contribution in [3.8, 4) is 11.5 Å². The molecule has 2 aromatic carbocycles. The minimum Gasteiger partial charge on any atom is -0.490 e. The highest BCUT2D eigenvalue weighted by Crippen LogP contribution is 2.34. The first-order valence-electron chi connectivity index (χ1n) is 11.5. The van der Waals surface area contributed by atoms with Crippen LogP contribution < -0.4 is 20.1 Å². The molecule has 1 aliphatic rings. The van der Waals surface area contributed by atoms with Crippen LogP contribution in [-0.4, -0.2) is 30.6 Å². The summed E-state index contributed by atoms with van der Waals surface area (Å²) in [5, 5.41) is 6.58. The predicted molar refractivity (Wildman–Crippen MR) is 128 cm³/mol. The number of carbonyl (C=O) groups is 1. The summed E-state index contributed by atoms with van der Waals surface area (Å²) >= 11 is 0. The van der Waals surface area contributed by atoms with E-state index in [0.29, 0.717) is 13.2 Å². The van der Waals surface area contributed by atoms with E-state index in [2.05, 4.69) is 29.5 Å². The van der Waals surface area contributed by atoms with Gasteiger partial charge in [0.2, 0.25) is 5.91 Å². The molecule has 0 saturated heterocycles. The molecular weight excluding hydrogens is 414 g/mol. The van der Waals surface area contributed by atoms with Gasteiger partial charge in [-0.15, -0.1) is 0 Å². The Hall–Kier alpha value is -3.38. The quantitative estimate of drug-likeness (QED) is 0.537. The Kier molecular flexibility index (Phi) is 7.58. The fourth-order valence-electron chi connectivity index (χ4n) is 4.01. The molecule has 2 atom stereocenters. The van der Waals surface area contributed by atoms with Crippen molar-refractivity contribution >= 4 is 5.91 Å². The molecule has 0 fully saturated rings. The lowest BCUT2D eigenvalue weighted by Gasteiger charge is -2.25. The number of aromatic nitrogens is 1. The van der Waals surface area contributed by atoms with E-state index in [1.807, 2.05) is 66.7 Å². The zero-order valence-electron chi connectivity index (χ0n) is 19.2. The van der Waals surface area contributed by atoms with Crippen molar-refractivity contribution in [2.24, 2.45) is 5.92 Å². The number of hydrogen-bond donors (Lipinski definition) is 2. The van der Waals surface area contributed by atoms with Crippen molar-refractivity contribution in [1.29, 1.82) is 0 Å². The highest BCUT2D eigenvalue weighted by molar-refractivity contribution is 5.78. The molecule has 33 heavy (non-hydrogen) atoms. The molecule has 6 nitrogen and oxygen atoms in total. The predicted octanol–water partition coefficient (Wildman–Crippen LogP) is 4.44. The number of amides is 1. The fraction of sp³-hybridized carbons (Fsp3) is 0.333. The third-order valence-electron chi connectivity index (χ3n) is 5.70. The Morgan fingerprint density at radius 1 is 0.939 bits per heavy atom. The maximum Gasteiger partial charge on any atom is 0.234 e.